The van der Waals surface area contributed by atoms with Gasteiger partial charge in [-0.2, -0.15) is 0 Å². The fourth-order valence-electron chi connectivity index (χ4n) is 1.44. The summed E-state index contributed by atoms with van der Waals surface area (Å²) in [5, 5.41) is 11.7. The van der Waals surface area contributed by atoms with E-state index in [1.165, 1.54) is 6.92 Å². The van der Waals surface area contributed by atoms with Gasteiger partial charge in [0.2, 0.25) is 0 Å². The molecule has 1 N–H and O–H groups in total. The Labute approximate surface area is 109 Å². The average Bonchev–Trinajstić information content (AvgIpc) is 2.76. The third-order valence-electron chi connectivity index (χ3n) is 2.36. The monoisotopic (exact) mass is 263 g/mol. The Bertz CT molecular complexity index is 565. The molecule has 1 atom stereocenters. The molecule has 0 fully saturated rings. The molecule has 1 unspecified atom stereocenters. The molecule has 0 aliphatic heterocycles. The fourth-order valence-corrected chi connectivity index (χ4v) is 2.24. The second-order valence-corrected chi connectivity index (χ2v) is 4.78. The lowest BCUT2D eigenvalue weighted by Gasteiger charge is -2.10. The van der Waals surface area contributed by atoms with Crippen molar-refractivity contribution in [3.8, 4) is 16.3 Å². The lowest BCUT2D eigenvalue weighted by atomic mass is 10.2. The molecule has 0 saturated carbocycles. The number of hydrogen-bond donors (Lipinski definition) is 1. The lowest BCUT2D eigenvalue weighted by Crippen LogP contribution is -2.22. The quantitative estimate of drug-likeness (QED) is 0.921. The van der Waals surface area contributed by atoms with Crippen LogP contribution in [0.1, 0.15) is 12.6 Å². The molecule has 0 bridgehead atoms. The largest absolute Gasteiger partial charge is 0.479 e. The number of carboxylic acid groups (broad SMARTS) is 1. The second kappa shape index (κ2) is 5.18. The number of carboxylic acids is 1. The molecular weight excluding hydrogens is 250 g/mol. The molecule has 4 nitrogen and oxygen atoms in total. The molecular formula is C13H13NO3S. The zero-order valence-corrected chi connectivity index (χ0v) is 10.9. The van der Waals surface area contributed by atoms with E-state index in [-0.39, 0.29) is 0 Å². The highest BCUT2D eigenvalue weighted by atomic mass is 32.1. The van der Waals surface area contributed by atoms with Crippen LogP contribution < -0.4 is 4.74 Å². The first-order chi connectivity index (χ1) is 8.56. The highest BCUT2D eigenvalue weighted by Gasteiger charge is 2.13. The summed E-state index contributed by atoms with van der Waals surface area (Å²) < 4.78 is 5.32. The number of thiazole rings is 1. The Balaban J connectivity index is 2.22. The summed E-state index contributed by atoms with van der Waals surface area (Å²) in [4.78, 5) is 15.1. The van der Waals surface area contributed by atoms with Crippen molar-refractivity contribution in [3.63, 3.8) is 0 Å². The van der Waals surface area contributed by atoms with Gasteiger partial charge in [0, 0.05) is 16.6 Å². The van der Waals surface area contributed by atoms with E-state index in [2.05, 4.69) is 4.98 Å². The number of carbonyl (C=O) groups is 1. The fraction of sp³-hybridized carbons (Fsp3) is 0.231. The van der Waals surface area contributed by atoms with Gasteiger partial charge in [-0.3, -0.25) is 0 Å². The number of aromatic nitrogens is 1. The first-order valence-corrected chi connectivity index (χ1v) is 6.36. The van der Waals surface area contributed by atoms with Crippen LogP contribution in [-0.4, -0.2) is 22.2 Å². The van der Waals surface area contributed by atoms with Crippen molar-refractivity contribution in [1.29, 1.82) is 0 Å². The average molecular weight is 263 g/mol. The Morgan fingerprint density at radius 2 is 2.28 bits per heavy atom. The van der Waals surface area contributed by atoms with Gasteiger partial charge < -0.3 is 9.84 Å². The van der Waals surface area contributed by atoms with Gasteiger partial charge in [-0.15, -0.1) is 11.3 Å². The van der Waals surface area contributed by atoms with E-state index in [1.54, 1.807) is 23.5 Å². The third-order valence-corrected chi connectivity index (χ3v) is 3.37. The molecule has 0 aliphatic carbocycles. The summed E-state index contributed by atoms with van der Waals surface area (Å²) in [6.45, 7) is 3.44. The standard InChI is InChI=1S/C13H13NO3S/c1-8-7-18-12(14-8)10-4-3-5-11(6-10)17-9(2)13(15)16/h3-7,9H,1-2H3,(H,15,16). The van der Waals surface area contributed by atoms with E-state index in [4.69, 9.17) is 9.84 Å². The van der Waals surface area contributed by atoms with Gasteiger partial charge in [0.1, 0.15) is 10.8 Å². The van der Waals surface area contributed by atoms with Crippen molar-refractivity contribution >= 4 is 17.3 Å². The maximum Gasteiger partial charge on any atom is 0.344 e. The summed E-state index contributed by atoms with van der Waals surface area (Å²) in [5.74, 6) is -0.444. The summed E-state index contributed by atoms with van der Waals surface area (Å²) in [5.41, 5.74) is 1.91. The van der Waals surface area contributed by atoms with Crippen molar-refractivity contribution in [3.05, 3.63) is 35.3 Å². The molecule has 1 heterocycles. The van der Waals surface area contributed by atoms with Crippen LogP contribution in [0.5, 0.6) is 5.75 Å². The minimum absolute atomic E-state index is 0.537. The maximum absolute atomic E-state index is 10.7. The van der Waals surface area contributed by atoms with E-state index >= 15 is 0 Å². The van der Waals surface area contributed by atoms with Crippen molar-refractivity contribution < 1.29 is 14.6 Å². The van der Waals surface area contributed by atoms with E-state index in [0.717, 1.165) is 16.3 Å². The second-order valence-electron chi connectivity index (χ2n) is 3.92. The number of benzene rings is 1. The summed E-state index contributed by atoms with van der Waals surface area (Å²) in [7, 11) is 0. The third kappa shape index (κ3) is 2.87. The lowest BCUT2D eigenvalue weighted by molar-refractivity contribution is -0.144. The van der Waals surface area contributed by atoms with Gasteiger partial charge in [-0.1, -0.05) is 12.1 Å². The molecule has 0 radical (unpaired) electrons. The Morgan fingerprint density at radius 3 is 2.89 bits per heavy atom. The van der Waals surface area contributed by atoms with Crippen molar-refractivity contribution in [1.82, 2.24) is 4.98 Å². The van der Waals surface area contributed by atoms with Gasteiger partial charge >= 0.3 is 5.97 Å². The predicted octanol–water partition coefficient (Wildman–Crippen LogP) is 2.97. The van der Waals surface area contributed by atoms with Crippen LogP contribution in [0.2, 0.25) is 0 Å². The Morgan fingerprint density at radius 1 is 1.50 bits per heavy atom. The van der Waals surface area contributed by atoms with Crippen LogP contribution in [0.25, 0.3) is 10.6 Å². The molecule has 1 aromatic heterocycles. The molecule has 0 saturated heterocycles. The smallest absolute Gasteiger partial charge is 0.344 e. The van der Waals surface area contributed by atoms with Crippen molar-refractivity contribution in [2.45, 2.75) is 20.0 Å². The molecule has 94 valence electrons. The molecule has 1 aromatic carbocycles. The minimum Gasteiger partial charge on any atom is -0.479 e. The molecule has 0 aliphatic rings. The molecule has 18 heavy (non-hydrogen) atoms. The number of rotatable bonds is 4. The van der Waals surface area contributed by atoms with E-state index < -0.39 is 12.1 Å². The van der Waals surface area contributed by atoms with E-state index in [1.807, 2.05) is 24.4 Å². The molecule has 2 rings (SSSR count). The summed E-state index contributed by atoms with van der Waals surface area (Å²) in [6.07, 6.45) is -0.863. The minimum atomic E-state index is -0.981. The van der Waals surface area contributed by atoms with Crippen LogP contribution in [0.3, 0.4) is 0 Å². The zero-order chi connectivity index (χ0) is 13.1. The van der Waals surface area contributed by atoms with Crippen LogP contribution in [0, 0.1) is 6.92 Å². The topological polar surface area (TPSA) is 59.4 Å². The van der Waals surface area contributed by atoms with Crippen molar-refractivity contribution in [2.24, 2.45) is 0 Å². The summed E-state index contributed by atoms with van der Waals surface area (Å²) >= 11 is 1.55. The van der Waals surface area contributed by atoms with Gasteiger partial charge in [-0.25, -0.2) is 9.78 Å². The highest BCUT2D eigenvalue weighted by molar-refractivity contribution is 7.13. The van der Waals surface area contributed by atoms with Gasteiger partial charge in [-0.05, 0) is 26.0 Å². The molecule has 2 aromatic rings. The first kappa shape index (κ1) is 12.6. The van der Waals surface area contributed by atoms with E-state index in [9.17, 15) is 4.79 Å². The first-order valence-electron chi connectivity index (χ1n) is 5.48. The summed E-state index contributed by atoms with van der Waals surface area (Å²) in [6, 6.07) is 7.30. The number of aliphatic carboxylic acids is 1. The van der Waals surface area contributed by atoms with Gasteiger partial charge in [0.25, 0.3) is 0 Å². The highest BCUT2D eigenvalue weighted by Crippen LogP contribution is 2.27. The normalized spacial score (nSPS) is 12.1. The number of ether oxygens (including phenoxy) is 1. The van der Waals surface area contributed by atoms with Crippen LogP contribution in [0.4, 0.5) is 0 Å². The predicted molar refractivity (Wildman–Crippen MR) is 70.0 cm³/mol. The van der Waals surface area contributed by atoms with Crippen LogP contribution in [-0.2, 0) is 4.79 Å². The number of aryl methyl sites for hydroxylation is 1. The van der Waals surface area contributed by atoms with Crippen molar-refractivity contribution in [2.75, 3.05) is 0 Å². The molecule has 0 amide bonds. The maximum atomic E-state index is 10.7. The Hall–Kier alpha value is -1.88. The Kier molecular flexibility index (Phi) is 3.62. The van der Waals surface area contributed by atoms with Crippen LogP contribution in [0.15, 0.2) is 29.6 Å². The molecule has 0 spiro atoms. The molecule has 5 heteroatoms. The van der Waals surface area contributed by atoms with E-state index in [0.29, 0.717) is 5.75 Å². The van der Waals surface area contributed by atoms with Gasteiger partial charge in [0.15, 0.2) is 6.10 Å². The van der Waals surface area contributed by atoms with Gasteiger partial charge in [0.05, 0.1) is 0 Å². The SMILES string of the molecule is Cc1csc(-c2cccc(OC(C)C(=O)O)c2)n1. The number of hydrogen-bond acceptors (Lipinski definition) is 4. The van der Waals surface area contributed by atoms with Crippen LogP contribution >= 0.6 is 11.3 Å². The number of nitrogens with zero attached hydrogens (tertiary/aromatic N) is 1. The zero-order valence-electron chi connectivity index (χ0n) is 10.1.